The van der Waals surface area contributed by atoms with Crippen molar-refractivity contribution in [3.63, 3.8) is 0 Å². The van der Waals surface area contributed by atoms with Crippen molar-refractivity contribution in [1.82, 2.24) is 4.98 Å². The molecule has 2 nitrogen and oxygen atoms in total. The van der Waals surface area contributed by atoms with Crippen LogP contribution in [-0.2, 0) is 12.8 Å². The first-order valence-corrected chi connectivity index (χ1v) is 6.46. The van der Waals surface area contributed by atoms with Crippen molar-refractivity contribution >= 4 is 0 Å². The third kappa shape index (κ3) is 1.93. The number of hydrogen-bond acceptors (Lipinski definition) is 2. The zero-order chi connectivity index (χ0) is 12.5. The second-order valence-electron chi connectivity index (χ2n) is 5.02. The van der Waals surface area contributed by atoms with Gasteiger partial charge in [-0.05, 0) is 54.5 Å². The van der Waals surface area contributed by atoms with Gasteiger partial charge in [0.15, 0.2) is 0 Å². The number of rotatable bonds is 2. The van der Waals surface area contributed by atoms with Crippen LogP contribution in [0, 0.1) is 6.92 Å². The molecule has 0 bridgehead atoms. The van der Waals surface area contributed by atoms with E-state index in [1.54, 1.807) is 12.4 Å². The van der Waals surface area contributed by atoms with Crippen molar-refractivity contribution in [2.24, 2.45) is 0 Å². The summed E-state index contributed by atoms with van der Waals surface area (Å²) < 4.78 is 0. The number of hydrogen-bond donors (Lipinski definition) is 1. The topological polar surface area (TPSA) is 33.1 Å². The third-order valence-corrected chi connectivity index (χ3v) is 3.81. The van der Waals surface area contributed by atoms with Gasteiger partial charge in [-0.25, -0.2) is 0 Å². The summed E-state index contributed by atoms with van der Waals surface area (Å²) in [5.74, 6) is 0. The maximum absolute atomic E-state index is 10.5. The van der Waals surface area contributed by atoms with Crippen LogP contribution < -0.4 is 0 Å². The first-order valence-electron chi connectivity index (χ1n) is 6.46. The Kier molecular flexibility index (Phi) is 2.88. The third-order valence-electron chi connectivity index (χ3n) is 3.81. The van der Waals surface area contributed by atoms with E-state index in [1.807, 2.05) is 19.1 Å². The molecule has 0 saturated carbocycles. The van der Waals surface area contributed by atoms with Crippen LogP contribution in [0.2, 0.25) is 0 Å². The van der Waals surface area contributed by atoms with Crippen LogP contribution >= 0.6 is 0 Å². The van der Waals surface area contributed by atoms with E-state index >= 15 is 0 Å². The molecule has 2 aromatic rings. The summed E-state index contributed by atoms with van der Waals surface area (Å²) in [5.41, 5.74) is 5.79. The summed E-state index contributed by atoms with van der Waals surface area (Å²) in [6.07, 6.45) is 6.51. The Morgan fingerprint density at radius 3 is 2.83 bits per heavy atom. The monoisotopic (exact) mass is 239 g/mol. The predicted octanol–water partition coefficient (Wildman–Crippen LogP) is 2.96. The highest BCUT2D eigenvalue weighted by Gasteiger charge is 2.16. The van der Waals surface area contributed by atoms with E-state index in [-0.39, 0.29) is 0 Å². The van der Waals surface area contributed by atoms with Crippen molar-refractivity contribution < 1.29 is 5.11 Å². The summed E-state index contributed by atoms with van der Waals surface area (Å²) in [5, 5.41) is 10.5. The fourth-order valence-corrected chi connectivity index (χ4v) is 2.70. The standard InChI is InChI=1S/C16H17NO/c1-11-7-8-17-10-15(11)16(18)14-6-5-12-3-2-4-13(12)9-14/h5-10,16,18H,2-4H2,1H3. The van der Waals surface area contributed by atoms with Gasteiger partial charge in [0.2, 0.25) is 0 Å². The number of aliphatic hydroxyl groups is 1. The minimum absolute atomic E-state index is 0.565. The number of aliphatic hydroxyl groups excluding tert-OH is 1. The Bertz CT molecular complexity index is 577. The molecule has 0 saturated heterocycles. The molecule has 0 fully saturated rings. The summed E-state index contributed by atoms with van der Waals surface area (Å²) >= 11 is 0. The van der Waals surface area contributed by atoms with Crippen molar-refractivity contribution in [2.75, 3.05) is 0 Å². The number of aryl methyl sites for hydroxylation is 3. The van der Waals surface area contributed by atoms with Gasteiger partial charge < -0.3 is 5.11 Å². The van der Waals surface area contributed by atoms with E-state index in [0.29, 0.717) is 0 Å². The average molecular weight is 239 g/mol. The minimum atomic E-state index is -0.565. The Morgan fingerprint density at radius 2 is 2.00 bits per heavy atom. The van der Waals surface area contributed by atoms with Gasteiger partial charge in [0.25, 0.3) is 0 Å². The van der Waals surface area contributed by atoms with Gasteiger partial charge in [0, 0.05) is 18.0 Å². The molecule has 0 radical (unpaired) electrons. The zero-order valence-electron chi connectivity index (χ0n) is 10.6. The minimum Gasteiger partial charge on any atom is -0.384 e. The van der Waals surface area contributed by atoms with E-state index < -0.39 is 6.10 Å². The summed E-state index contributed by atoms with van der Waals surface area (Å²) in [4.78, 5) is 4.10. The highest BCUT2D eigenvalue weighted by atomic mass is 16.3. The molecule has 1 aromatic heterocycles. The summed E-state index contributed by atoms with van der Waals surface area (Å²) in [6.45, 7) is 2.01. The van der Waals surface area contributed by atoms with Crippen LogP contribution in [0.3, 0.4) is 0 Å². The molecular weight excluding hydrogens is 222 g/mol. The normalized spacial score (nSPS) is 15.4. The molecule has 3 rings (SSSR count). The van der Waals surface area contributed by atoms with Gasteiger partial charge in [-0.1, -0.05) is 18.2 Å². The first-order chi connectivity index (χ1) is 8.75. The molecule has 1 heterocycles. The summed E-state index contributed by atoms with van der Waals surface area (Å²) in [7, 11) is 0. The molecule has 1 aromatic carbocycles. The van der Waals surface area contributed by atoms with Crippen molar-refractivity contribution in [2.45, 2.75) is 32.3 Å². The molecule has 0 amide bonds. The number of nitrogens with zero attached hydrogens (tertiary/aromatic N) is 1. The second-order valence-corrected chi connectivity index (χ2v) is 5.02. The molecule has 1 N–H and O–H groups in total. The van der Waals surface area contributed by atoms with E-state index in [1.165, 1.54) is 24.0 Å². The van der Waals surface area contributed by atoms with Crippen LogP contribution in [-0.4, -0.2) is 10.1 Å². The lowest BCUT2D eigenvalue weighted by Gasteiger charge is -2.14. The SMILES string of the molecule is Cc1ccncc1C(O)c1ccc2c(c1)CCC2. The fraction of sp³-hybridized carbons (Fsp3) is 0.312. The Morgan fingerprint density at radius 1 is 1.17 bits per heavy atom. The summed E-state index contributed by atoms with van der Waals surface area (Å²) in [6, 6.07) is 8.29. The number of aromatic nitrogens is 1. The Hall–Kier alpha value is -1.67. The maximum Gasteiger partial charge on any atom is 0.106 e. The average Bonchev–Trinajstić information content (AvgIpc) is 2.85. The van der Waals surface area contributed by atoms with Crippen molar-refractivity contribution in [3.8, 4) is 0 Å². The van der Waals surface area contributed by atoms with E-state index in [0.717, 1.165) is 23.1 Å². The molecule has 1 atom stereocenters. The largest absolute Gasteiger partial charge is 0.384 e. The van der Waals surface area contributed by atoms with Gasteiger partial charge in [0.05, 0.1) is 0 Å². The number of fused-ring (bicyclic) bond motifs is 1. The van der Waals surface area contributed by atoms with Crippen molar-refractivity contribution in [3.05, 3.63) is 64.5 Å². The van der Waals surface area contributed by atoms with Crippen LogP contribution in [0.1, 0.15) is 40.3 Å². The van der Waals surface area contributed by atoms with Crippen LogP contribution in [0.15, 0.2) is 36.7 Å². The lowest BCUT2D eigenvalue weighted by molar-refractivity contribution is 0.219. The highest BCUT2D eigenvalue weighted by Crippen LogP contribution is 2.29. The lowest BCUT2D eigenvalue weighted by Crippen LogP contribution is -2.03. The Labute approximate surface area is 107 Å². The van der Waals surface area contributed by atoms with Crippen molar-refractivity contribution in [1.29, 1.82) is 0 Å². The molecule has 1 unspecified atom stereocenters. The molecular formula is C16H17NO. The van der Waals surface area contributed by atoms with Crippen LogP contribution in [0.4, 0.5) is 0 Å². The fourth-order valence-electron chi connectivity index (χ4n) is 2.70. The van der Waals surface area contributed by atoms with E-state index in [9.17, 15) is 5.11 Å². The highest BCUT2D eigenvalue weighted by molar-refractivity contribution is 5.40. The van der Waals surface area contributed by atoms with Gasteiger partial charge in [-0.15, -0.1) is 0 Å². The van der Waals surface area contributed by atoms with E-state index in [2.05, 4.69) is 17.1 Å². The second kappa shape index (κ2) is 4.54. The van der Waals surface area contributed by atoms with Gasteiger partial charge in [-0.2, -0.15) is 0 Å². The maximum atomic E-state index is 10.5. The zero-order valence-corrected chi connectivity index (χ0v) is 10.6. The molecule has 1 aliphatic rings. The van der Waals surface area contributed by atoms with Gasteiger partial charge >= 0.3 is 0 Å². The number of benzene rings is 1. The Balaban J connectivity index is 1.98. The molecule has 2 heteroatoms. The number of pyridine rings is 1. The van der Waals surface area contributed by atoms with E-state index in [4.69, 9.17) is 0 Å². The van der Waals surface area contributed by atoms with Crippen LogP contribution in [0.25, 0.3) is 0 Å². The van der Waals surface area contributed by atoms with Gasteiger partial charge in [0.1, 0.15) is 6.10 Å². The first kappa shape index (κ1) is 11.4. The molecule has 18 heavy (non-hydrogen) atoms. The predicted molar refractivity (Wildman–Crippen MR) is 71.5 cm³/mol. The smallest absolute Gasteiger partial charge is 0.106 e. The molecule has 92 valence electrons. The molecule has 0 aliphatic heterocycles. The van der Waals surface area contributed by atoms with Gasteiger partial charge in [-0.3, -0.25) is 4.98 Å². The quantitative estimate of drug-likeness (QED) is 0.874. The molecule has 1 aliphatic carbocycles. The molecule has 0 spiro atoms. The van der Waals surface area contributed by atoms with Crippen LogP contribution in [0.5, 0.6) is 0 Å². The lowest BCUT2D eigenvalue weighted by atomic mass is 9.96.